The standard InChI is InChI=1S/C25H28N4O/c1-19(30)22-18-29(24-8-3-2-6-20(22)24)13-5-12-27-14-16-28(17-15-27)25-9-4-7-23-21(25)10-11-26-23/h2-4,6-11,18,26H,5,12-17H2,1H3. The van der Waals surface area contributed by atoms with E-state index in [0.717, 1.165) is 62.2 Å². The lowest BCUT2D eigenvalue weighted by Gasteiger charge is -2.36. The molecule has 1 saturated heterocycles. The molecular formula is C25H28N4O. The molecule has 3 heterocycles. The van der Waals surface area contributed by atoms with Gasteiger partial charge in [-0.15, -0.1) is 0 Å². The maximum atomic E-state index is 12.0. The van der Waals surface area contributed by atoms with Crippen molar-refractivity contribution in [1.82, 2.24) is 14.5 Å². The summed E-state index contributed by atoms with van der Waals surface area (Å²) in [5.74, 6) is 0.138. The number of piperazine rings is 1. The minimum atomic E-state index is 0.138. The molecule has 0 bridgehead atoms. The van der Waals surface area contributed by atoms with Crippen molar-refractivity contribution in [3.63, 3.8) is 0 Å². The van der Waals surface area contributed by atoms with E-state index in [4.69, 9.17) is 0 Å². The lowest BCUT2D eigenvalue weighted by Crippen LogP contribution is -2.46. The second kappa shape index (κ2) is 8.00. The largest absolute Gasteiger partial charge is 0.368 e. The number of H-pyrrole nitrogens is 1. The third kappa shape index (κ3) is 3.50. The maximum Gasteiger partial charge on any atom is 0.161 e. The lowest BCUT2D eigenvalue weighted by atomic mass is 10.1. The minimum absolute atomic E-state index is 0.138. The van der Waals surface area contributed by atoms with Gasteiger partial charge < -0.3 is 14.5 Å². The summed E-state index contributed by atoms with van der Waals surface area (Å²) in [5, 5.41) is 2.38. The zero-order chi connectivity index (χ0) is 20.5. The Balaban J connectivity index is 1.19. The summed E-state index contributed by atoms with van der Waals surface area (Å²) in [5.41, 5.74) is 4.54. The first kappa shape index (κ1) is 18.9. The summed E-state index contributed by atoms with van der Waals surface area (Å²) in [6, 6.07) is 16.9. The van der Waals surface area contributed by atoms with Gasteiger partial charge in [0.05, 0.1) is 0 Å². The Bertz CT molecular complexity index is 1180. The van der Waals surface area contributed by atoms with Crippen LogP contribution in [-0.4, -0.2) is 53.0 Å². The van der Waals surface area contributed by atoms with Crippen molar-refractivity contribution >= 4 is 33.3 Å². The predicted octanol–water partition coefficient (Wildman–Crippen LogP) is 4.54. The summed E-state index contributed by atoms with van der Waals surface area (Å²) < 4.78 is 2.24. The van der Waals surface area contributed by atoms with E-state index in [2.05, 4.69) is 49.7 Å². The number of ketones is 1. The predicted molar refractivity (Wildman–Crippen MR) is 124 cm³/mol. The van der Waals surface area contributed by atoms with E-state index in [1.54, 1.807) is 6.92 Å². The second-order valence-corrected chi connectivity index (χ2v) is 8.21. The van der Waals surface area contributed by atoms with Crippen molar-refractivity contribution in [3.05, 3.63) is 66.5 Å². The van der Waals surface area contributed by atoms with Crippen LogP contribution in [0.15, 0.2) is 60.9 Å². The van der Waals surface area contributed by atoms with Crippen molar-refractivity contribution in [1.29, 1.82) is 0 Å². The summed E-state index contributed by atoms with van der Waals surface area (Å²) in [7, 11) is 0. The number of hydrogen-bond donors (Lipinski definition) is 1. The van der Waals surface area contributed by atoms with Gasteiger partial charge in [0, 0.05) is 78.2 Å². The Morgan fingerprint density at radius 3 is 2.60 bits per heavy atom. The zero-order valence-electron chi connectivity index (χ0n) is 17.5. The number of rotatable bonds is 6. The van der Waals surface area contributed by atoms with Crippen LogP contribution in [0.5, 0.6) is 0 Å². The number of benzene rings is 2. The first-order valence-corrected chi connectivity index (χ1v) is 10.8. The van der Waals surface area contributed by atoms with Gasteiger partial charge >= 0.3 is 0 Å². The van der Waals surface area contributed by atoms with Gasteiger partial charge in [0.2, 0.25) is 0 Å². The molecule has 2 aromatic carbocycles. The molecule has 0 amide bonds. The van der Waals surface area contributed by atoms with Gasteiger partial charge in [-0.05, 0) is 44.2 Å². The molecule has 1 aliphatic rings. The Morgan fingerprint density at radius 1 is 0.933 bits per heavy atom. The Morgan fingerprint density at radius 2 is 1.77 bits per heavy atom. The molecule has 0 saturated carbocycles. The molecule has 0 unspecified atom stereocenters. The Kier molecular flexibility index (Phi) is 5.05. The molecule has 30 heavy (non-hydrogen) atoms. The number of para-hydroxylation sites is 1. The molecule has 0 aliphatic carbocycles. The number of anilines is 1. The molecule has 1 aliphatic heterocycles. The van der Waals surface area contributed by atoms with Crippen LogP contribution in [0.2, 0.25) is 0 Å². The number of hydrogen-bond acceptors (Lipinski definition) is 3. The average molecular weight is 401 g/mol. The molecule has 1 fully saturated rings. The van der Waals surface area contributed by atoms with Crippen molar-refractivity contribution in [3.8, 4) is 0 Å². The molecule has 1 N–H and O–H groups in total. The molecule has 2 aromatic heterocycles. The second-order valence-electron chi connectivity index (χ2n) is 8.21. The highest BCUT2D eigenvalue weighted by Gasteiger charge is 2.19. The fraction of sp³-hybridized carbons (Fsp3) is 0.320. The van der Waals surface area contributed by atoms with Crippen molar-refractivity contribution < 1.29 is 4.79 Å². The quantitative estimate of drug-likeness (QED) is 0.484. The highest BCUT2D eigenvalue weighted by atomic mass is 16.1. The van der Waals surface area contributed by atoms with Gasteiger partial charge in [0.15, 0.2) is 5.78 Å². The number of nitrogens with zero attached hydrogens (tertiary/aromatic N) is 3. The monoisotopic (exact) mass is 400 g/mol. The van der Waals surface area contributed by atoms with Gasteiger partial charge in [-0.1, -0.05) is 24.3 Å². The van der Waals surface area contributed by atoms with Crippen LogP contribution in [0.4, 0.5) is 5.69 Å². The van der Waals surface area contributed by atoms with E-state index >= 15 is 0 Å². The highest BCUT2D eigenvalue weighted by molar-refractivity contribution is 6.06. The molecule has 5 heteroatoms. The third-order valence-corrected chi connectivity index (χ3v) is 6.33. The van der Waals surface area contributed by atoms with E-state index in [0.29, 0.717) is 0 Å². The van der Waals surface area contributed by atoms with Gasteiger partial charge in [0.25, 0.3) is 0 Å². The van der Waals surface area contributed by atoms with Crippen LogP contribution in [0.1, 0.15) is 23.7 Å². The molecule has 5 rings (SSSR count). The number of aromatic nitrogens is 2. The zero-order valence-corrected chi connectivity index (χ0v) is 17.5. The van der Waals surface area contributed by atoms with E-state index in [9.17, 15) is 4.79 Å². The molecule has 154 valence electrons. The van der Waals surface area contributed by atoms with Crippen molar-refractivity contribution in [2.75, 3.05) is 37.6 Å². The summed E-state index contributed by atoms with van der Waals surface area (Å²) in [6.07, 6.45) is 5.14. The number of aromatic amines is 1. The number of carbonyl (C=O) groups excluding carboxylic acids is 1. The minimum Gasteiger partial charge on any atom is -0.368 e. The fourth-order valence-corrected chi connectivity index (χ4v) is 4.73. The van der Waals surface area contributed by atoms with Gasteiger partial charge in [-0.2, -0.15) is 0 Å². The molecular weight excluding hydrogens is 372 g/mol. The lowest BCUT2D eigenvalue weighted by molar-refractivity contribution is 0.101. The topological polar surface area (TPSA) is 44.3 Å². The van der Waals surface area contributed by atoms with Crippen LogP contribution < -0.4 is 4.90 Å². The van der Waals surface area contributed by atoms with Gasteiger partial charge in [-0.25, -0.2) is 0 Å². The van der Waals surface area contributed by atoms with Crippen LogP contribution in [0.25, 0.3) is 21.8 Å². The molecule has 4 aromatic rings. The molecule has 0 spiro atoms. The molecule has 0 radical (unpaired) electrons. The van der Waals surface area contributed by atoms with E-state index in [-0.39, 0.29) is 5.78 Å². The number of Topliss-reactive ketones (excluding diaryl/α,β-unsaturated/α-hetero) is 1. The van der Waals surface area contributed by atoms with Crippen molar-refractivity contribution in [2.24, 2.45) is 0 Å². The van der Waals surface area contributed by atoms with Gasteiger partial charge in [0.1, 0.15) is 0 Å². The summed E-state index contributed by atoms with van der Waals surface area (Å²) >= 11 is 0. The summed E-state index contributed by atoms with van der Waals surface area (Å²) in [4.78, 5) is 20.4. The highest BCUT2D eigenvalue weighted by Crippen LogP contribution is 2.27. The maximum absolute atomic E-state index is 12.0. The summed E-state index contributed by atoms with van der Waals surface area (Å²) in [6.45, 7) is 7.98. The Hall–Kier alpha value is -3.05. The van der Waals surface area contributed by atoms with E-state index in [1.807, 2.05) is 30.6 Å². The Labute approximate surface area is 176 Å². The number of aryl methyl sites for hydroxylation is 1. The normalized spacial score (nSPS) is 15.3. The number of carbonyl (C=O) groups is 1. The smallest absolute Gasteiger partial charge is 0.161 e. The number of fused-ring (bicyclic) bond motifs is 2. The first-order valence-electron chi connectivity index (χ1n) is 10.8. The molecule has 5 nitrogen and oxygen atoms in total. The van der Waals surface area contributed by atoms with Crippen LogP contribution in [0.3, 0.4) is 0 Å². The first-order chi connectivity index (χ1) is 14.7. The van der Waals surface area contributed by atoms with E-state index in [1.165, 1.54) is 16.6 Å². The van der Waals surface area contributed by atoms with Gasteiger partial charge in [-0.3, -0.25) is 9.69 Å². The SMILES string of the molecule is CC(=O)c1cn(CCCN2CCN(c3cccc4[nH]ccc34)CC2)c2ccccc12. The van der Waals surface area contributed by atoms with Crippen LogP contribution >= 0.6 is 0 Å². The number of nitrogens with one attached hydrogen (secondary N) is 1. The van der Waals surface area contributed by atoms with E-state index < -0.39 is 0 Å². The van der Waals surface area contributed by atoms with Crippen molar-refractivity contribution in [2.45, 2.75) is 19.9 Å². The van der Waals surface area contributed by atoms with Crippen LogP contribution in [0, 0.1) is 0 Å². The average Bonchev–Trinajstić information content (AvgIpc) is 3.39. The fourth-order valence-electron chi connectivity index (χ4n) is 4.73. The molecule has 0 atom stereocenters. The third-order valence-electron chi connectivity index (χ3n) is 6.33. The van der Waals surface area contributed by atoms with Crippen LogP contribution in [-0.2, 0) is 6.54 Å².